The minimum absolute atomic E-state index is 0.142. The maximum Gasteiger partial charge on any atom is 0.416 e. The number of rotatable bonds is 3. The van der Waals surface area contributed by atoms with Gasteiger partial charge in [-0.3, -0.25) is 10.2 Å². The van der Waals surface area contributed by atoms with E-state index in [4.69, 9.17) is 10.6 Å². The van der Waals surface area contributed by atoms with Gasteiger partial charge in [-0.1, -0.05) is 6.07 Å². The number of hydrogen-bond donors (Lipinski definition) is 2. The molecule has 0 aromatic heterocycles. The van der Waals surface area contributed by atoms with Crippen LogP contribution in [0.2, 0.25) is 0 Å². The van der Waals surface area contributed by atoms with Gasteiger partial charge >= 0.3 is 6.18 Å². The normalized spacial score (nSPS) is 22.7. The van der Waals surface area contributed by atoms with E-state index < -0.39 is 11.7 Å². The lowest BCUT2D eigenvalue weighted by Crippen LogP contribution is -2.38. The number of amides is 1. The van der Waals surface area contributed by atoms with E-state index in [1.54, 1.807) is 0 Å². The SMILES string of the molecule is NNC(=O)[C@H]1CC[C@H](Oc2cccc(C(F)(F)F)c2)CC1. The molecule has 0 aliphatic heterocycles. The summed E-state index contributed by atoms with van der Waals surface area (Å²) in [6.07, 6.45) is -2.08. The Labute approximate surface area is 120 Å². The molecule has 1 aromatic rings. The van der Waals surface area contributed by atoms with Gasteiger partial charge in [0.1, 0.15) is 5.75 Å². The number of ether oxygens (including phenoxy) is 1. The second-order valence-electron chi connectivity index (χ2n) is 5.13. The van der Waals surface area contributed by atoms with Crippen molar-refractivity contribution in [2.45, 2.75) is 38.0 Å². The van der Waals surface area contributed by atoms with Crippen LogP contribution in [-0.4, -0.2) is 12.0 Å². The molecule has 0 saturated heterocycles. The number of nitrogens with one attached hydrogen (secondary N) is 1. The van der Waals surface area contributed by atoms with Gasteiger partial charge in [0.15, 0.2) is 0 Å². The molecule has 21 heavy (non-hydrogen) atoms. The molecule has 0 radical (unpaired) electrons. The molecule has 1 fully saturated rings. The van der Waals surface area contributed by atoms with Crippen LogP contribution in [0.5, 0.6) is 5.75 Å². The molecule has 1 amide bonds. The summed E-state index contributed by atoms with van der Waals surface area (Å²) in [6, 6.07) is 4.84. The monoisotopic (exact) mass is 302 g/mol. The van der Waals surface area contributed by atoms with Crippen molar-refractivity contribution in [2.75, 3.05) is 0 Å². The van der Waals surface area contributed by atoms with Gasteiger partial charge in [-0.2, -0.15) is 13.2 Å². The van der Waals surface area contributed by atoms with Gasteiger partial charge in [0.05, 0.1) is 11.7 Å². The average molecular weight is 302 g/mol. The lowest BCUT2D eigenvalue weighted by Gasteiger charge is -2.28. The zero-order valence-electron chi connectivity index (χ0n) is 11.3. The lowest BCUT2D eigenvalue weighted by molar-refractivity contribution is -0.137. The Bertz CT molecular complexity index is 497. The Morgan fingerprint density at radius 3 is 2.48 bits per heavy atom. The number of hydrazine groups is 1. The van der Waals surface area contributed by atoms with E-state index >= 15 is 0 Å². The number of carbonyl (C=O) groups excluding carboxylic acids is 1. The summed E-state index contributed by atoms with van der Waals surface area (Å²) >= 11 is 0. The molecule has 4 nitrogen and oxygen atoms in total. The fourth-order valence-corrected chi connectivity index (χ4v) is 2.50. The van der Waals surface area contributed by atoms with Gasteiger partial charge in [0, 0.05) is 5.92 Å². The Morgan fingerprint density at radius 2 is 1.90 bits per heavy atom. The van der Waals surface area contributed by atoms with Crippen molar-refractivity contribution >= 4 is 5.91 Å². The van der Waals surface area contributed by atoms with Crippen LogP contribution in [0.25, 0.3) is 0 Å². The molecule has 1 saturated carbocycles. The number of nitrogens with two attached hydrogens (primary N) is 1. The van der Waals surface area contributed by atoms with Gasteiger partial charge in [-0.25, -0.2) is 5.84 Å². The summed E-state index contributed by atoms with van der Waals surface area (Å²) in [4.78, 5) is 11.4. The Balaban J connectivity index is 1.93. The van der Waals surface area contributed by atoms with Gasteiger partial charge in [-0.05, 0) is 43.9 Å². The molecule has 0 spiro atoms. The molecule has 1 aliphatic carbocycles. The van der Waals surface area contributed by atoms with E-state index in [9.17, 15) is 18.0 Å². The van der Waals surface area contributed by atoms with Crippen LogP contribution in [0, 0.1) is 5.92 Å². The van der Waals surface area contributed by atoms with E-state index in [2.05, 4.69) is 5.43 Å². The van der Waals surface area contributed by atoms with Crippen LogP contribution < -0.4 is 16.0 Å². The highest BCUT2D eigenvalue weighted by Crippen LogP contribution is 2.33. The highest BCUT2D eigenvalue weighted by molar-refractivity contribution is 5.78. The van der Waals surface area contributed by atoms with Gasteiger partial charge in [0.25, 0.3) is 0 Å². The highest BCUT2D eigenvalue weighted by Gasteiger charge is 2.31. The number of benzene rings is 1. The first-order valence-electron chi connectivity index (χ1n) is 6.74. The molecule has 7 heteroatoms. The van der Waals surface area contributed by atoms with Crippen LogP contribution >= 0.6 is 0 Å². The molecule has 0 atom stereocenters. The first-order valence-corrected chi connectivity index (χ1v) is 6.74. The lowest BCUT2D eigenvalue weighted by atomic mass is 9.87. The maximum absolute atomic E-state index is 12.6. The van der Waals surface area contributed by atoms with Crippen molar-refractivity contribution in [3.63, 3.8) is 0 Å². The smallest absolute Gasteiger partial charge is 0.416 e. The molecule has 2 rings (SSSR count). The largest absolute Gasteiger partial charge is 0.490 e. The van der Waals surface area contributed by atoms with Crippen molar-refractivity contribution in [1.82, 2.24) is 5.43 Å². The van der Waals surface area contributed by atoms with Crippen LogP contribution in [0.1, 0.15) is 31.2 Å². The van der Waals surface area contributed by atoms with Crippen molar-refractivity contribution in [3.8, 4) is 5.75 Å². The third-order valence-corrected chi connectivity index (χ3v) is 3.65. The Hall–Kier alpha value is -1.76. The quantitative estimate of drug-likeness (QED) is 0.512. The van der Waals surface area contributed by atoms with E-state index in [1.165, 1.54) is 12.1 Å². The van der Waals surface area contributed by atoms with E-state index in [1.807, 2.05) is 0 Å². The molecule has 0 bridgehead atoms. The minimum atomic E-state index is -4.38. The molecular formula is C14H17F3N2O2. The van der Waals surface area contributed by atoms with Gasteiger partial charge in [0.2, 0.25) is 5.91 Å². The molecule has 3 N–H and O–H groups in total. The maximum atomic E-state index is 12.6. The number of halogens is 3. The van der Waals surface area contributed by atoms with Crippen molar-refractivity contribution in [1.29, 1.82) is 0 Å². The molecule has 0 heterocycles. The van der Waals surface area contributed by atoms with Crippen molar-refractivity contribution in [2.24, 2.45) is 11.8 Å². The van der Waals surface area contributed by atoms with Gasteiger partial charge in [-0.15, -0.1) is 0 Å². The minimum Gasteiger partial charge on any atom is -0.490 e. The van der Waals surface area contributed by atoms with Crippen LogP contribution in [-0.2, 0) is 11.0 Å². The summed E-state index contributed by atoms with van der Waals surface area (Å²) in [7, 11) is 0. The fraction of sp³-hybridized carbons (Fsp3) is 0.500. The summed E-state index contributed by atoms with van der Waals surface area (Å²) < 4.78 is 43.4. The third kappa shape index (κ3) is 4.10. The third-order valence-electron chi connectivity index (χ3n) is 3.65. The summed E-state index contributed by atoms with van der Waals surface area (Å²) in [5, 5.41) is 0. The second-order valence-corrected chi connectivity index (χ2v) is 5.13. The highest BCUT2D eigenvalue weighted by atomic mass is 19.4. The Morgan fingerprint density at radius 1 is 1.24 bits per heavy atom. The van der Waals surface area contributed by atoms with E-state index in [-0.39, 0.29) is 23.7 Å². The van der Waals surface area contributed by atoms with Crippen LogP contribution in [0.3, 0.4) is 0 Å². The topological polar surface area (TPSA) is 64.3 Å². The first kappa shape index (κ1) is 15.6. The number of alkyl halides is 3. The second kappa shape index (κ2) is 6.34. The summed E-state index contributed by atoms with van der Waals surface area (Å²) in [6.45, 7) is 0. The predicted octanol–water partition coefficient (Wildman–Crippen LogP) is 2.63. The summed E-state index contributed by atoms with van der Waals surface area (Å²) in [5.41, 5.74) is 1.39. The van der Waals surface area contributed by atoms with Crippen LogP contribution in [0.4, 0.5) is 13.2 Å². The molecule has 1 aliphatic rings. The first-order chi connectivity index (χ1) is 9.90. The average Bonchev–Trinajstić information content (AvgIpc) is 2.47. The van der Waals surface area contributed by atoms with Crippen molar-refractivity contribution in [3.05, 3.63) is 29.8 Å². The molecular weight excluding hydrogens is 285 g/mol. The Kier molecular flexibility index (Phi) is 4.72. The molecule has 1 aromatic carbocycles. The fourth-order valence-electron chi connectivity index (χ4n) is 2.50. The predicted molar refractivity (Wildman–Crippen MR) is 70.1 cm³/mol. The van der Waals surface area contributed by atoms with Crippen LogP contribution in [0.15, 0.2) is 24.3 Å². The van der Waals surface area contributed by atoms with Crippen molar-refractivity contribution < 1.29 is 22.7 Å². The zero-order chi connectivity index (χ0) is 15.5. The number of carbonyl (C=O) groups is 1. The van der Waals surface area contributed by atoms with Gasteiger partial charge < -0.3 is 4.74 Å². The van der Waals surface area contributed by atoms with E-state index in [0.717, 1.165) is 12.1 Å². The standard InChI is InChI=1S/C14H17F3N2O2/c15-14(16,17)10-2-1-3-12(8-10)21-11-6-4-9(5-7-11)13(20)19-18/h1-3,8-9,11H,4-7,18H2,(H,19,20)/t9-,11-. The summed E-state index contributed by atoms with van der Waals surface area (Å²) in [5.74, 6) is 4.94. The molecule has 116 valence electrons. The van der Waals surface area contributed by atoms with E-state index in [0.29, 0.717) is 25.7 Å². The zero-order valence-corrected chi connectivity index (χ0v) is 11.3. The number of hydrogen-bond acceptors (Lipinski definition) is 3. The molecule has 0 unspecified atom stereocenters.